The quantitative estimate of drug-likeness (QED) is 0.0788. The number of hydrogen-bond acceptors (Lipinski definition) is 15. The van der Waals surface area contributed by atoms with Crippen LogP contribution in [0, 0.1) is 17.8 Å². The molecule has 386 valence electrons. The van der Waals surface area contributed by atoms with Crippen molar-refractivity contribution in [2.24, 2.45) is 5.41 Å². The first-order valence-corrected chi connectivity index (χ1v) is 25.2. The lowest BCUT2D eigenvalue weighted by Crippen LogP contribution is -2.61. The molecular weight excluding hydrogens is 933 g/mol. The minimum Gasteiger partial charge on any atom is -0.508 e. The molecule has 5 atom stereocenters. The number of phenolic OH excluding ortho intramolecular Hbond substituents is 2. The Bertz CT molecular complexity index is 2840. The summed E-state index contributed by atoms with van der Waals surface area (Å²) in [7, 11) is 1.69. The Morgan fingerprint density at radius 1 is 0.959 bits per heavy atom. The number of urea groups is 1. The first-order valence-electron chi connectivity index (χ1n) is 25.2. The number of β-amino-alcohol motifs (C(OH)–C–C–N with tert-alkyl or cyclic N) is 1. The Hall–Kier alpha value is -7.05. The summed E-state index contributed by atoms with van der Waals surface area (Å²) >= 11 is 0. The van der Waals surface area contributed by atoms with Crippen LogP contribution in [-0.4, -0.2) is 175 Å². The second kappa shape index (κ2) is 21.6. The van der Waals surface area contributed by atoms with Gasteiger partial charge in [0.25, 0.3) is 0 Å². The zero-order valence-corrected chi connectivity index (χ0v) is 41.9. The number of aliphatic hydroxyl groups excluding tert-OH is 2. The summed E-state index contributed by atoms with van der Waals surface area (Å²) in [5.41, 5.74) is 4.95. The number of aliphatic hydroxyl groups is 2. The van der Waals surface area contributed by atoms with Crippen molar-refractivity contribution in [2.45, 2.75) is 89.2 Å². The van der Waals surface area contributed by atoms with Gasteiger partial charge in [0, 0.05) is 118 Å². The van der Waals surface area contributed by atoms with E-state index in [9.17, 15) is 34.8 Å². The van der Waals surface area contributed by atoms with E-state index in [1.54, 1.807) is 57.0 Å². The molecule has 4 aliphatic rings. The molecule has 0 spiro atoms. The second-order valence-corrected chi connectivity index (χ2v) is 20.3. The number of rotatable bonds is 14. The maximum atomic E-state index is 14.5. The molecule has 3 aromatic heterocycles. The molecule has 4 amide bonds. The third-order valence-electron chi connectivity index (χ3n) is 15.3. The fourth-order valence-electron chi connectivity index (χ4n) is 11.1. The Kier molecular flexibility index (Phi) is 15.0. The van der Waals surface area contributed by atoms with Gasteiger partial charge < -0.3 is 60.4 Å². The molecule has 2 aromatic carbocycles. The Morgan fingerprint density at radius 2 is 1.70 bits per heavy atom. The topological polar surface area (TPSA) is 249 Å². The van der Waals surface area contributed by atoms with E-state index in [0.29, 0.717) is 60.2 Å². The number of para-hydroxylation sites is 1. The van der Waals surface area contributed by atoms with Crippen LogP contribution in [0.1, 0.15) is 80.9 Å². The Labute approximate surface area is 424 Å². The molecule has 3 fully saturated rings. The molecule has 3 saturated heterocycles. The monoisotopic (exact) mass is 999 g/mol. The minimum absolute atomic E-state index is 0.00000274. The van der Waals surface area contributed by atoms with Crippen molar-refractivity contribution < 1.29 is 39.5 Å². The number of H-pyrrole nitrogens is 1. The lowest BCUT2D eigenvalue weighted by Gasteiger charge is -2.44. The molecule has 7 heterocycles. The van der Waals surface area contributed by atoms with Crippen LogP contribution in [0.3, 0.4) is 0 Å². The van der Waals surface area contributed by atoms with E-state index in [4.69, 9.17) is 21.1 Å². The molecule has 5 aromatic rings. The summed E-state index contributed by atoms with van der Waals surface area (Å²) in [6, 6.07) is 10.7. The maximum Gasteiger partial charge on any atom is 0.318 e. The number of anilines is 2. The highest BCUT2D eigenvalue weighted by molar-refractivity contribution is 5.93. The molecule has 7 N–H and O–H groups in total. The number of aromatic amines is 1. The summed E-state index contributed by atoms with van der Waals surface area (Å²) < 4.78 is 5.77. The van der Waals surface area contributed by atoms with E-state index >= 15 is 0 Å². The molecule has 0 radical (unpaired) electrons. The number of hydrogen-bond donors (Lipinski definition) is 7. The zero-order valence-electron chi connectivity index (χ0n) is 41.9. The smallest absolute Gasteiger partial charge is 0.318 e. The first-order chi connectivity index (χ1) is 35.2. The van der Waals surface area contributed by atoms with Gasteiger partial charge in [0.15, 0.2) is 5.65 Å². The number of phenols is 2. The van der Waals surface area contributed by atoms with Crippen LogP contribution < -0.4 is 20.4 Å². The largest absolute Gasteiger partial charge is 0.508 e. The van der Waals surface area contributed by atoms with Gasteiger partial charge in [-0.25, -0.2) is 14.8 Å². The van der Waals surface area contributed by atoms with Crippen LogP contribution in [0.4, 0.5) is 16.4 Å². The number of nitrogens with one attached hydrogen (secondary N) is 3. The van der Waals surface area contributed by atoms with Crippen molar-refractivity contribution in [3.8, 4) is 35.1 Å². The van der Waals surface area contributed by atoms with Gasteiger partial charge in [0.05, 0.1) is 48.6 Å². The number of methoxy groups -OCH3 is 1. The lowest BCUT2D eigenvalue weighted by atomic mass is 9.80. The highest BCUT2D eigenvalue weighted by Gasteiger charge is 2.46. The molecule has 0 aliphatic carbocycles. The van der Waals surface area contributed by atoms with E-state index in [1.807, 2.05) is 30.6 Å². The van der Waals surface area contributed by atoms with Gasteiger partial charge in [-0.3, -0.25) is 14.5 Å². The third-order valence-corrected chi connectivity index (χ3v) is 15.3. The molecule has 9 rings (SSSR count). The fourth-order valence-corrected chi connectivity index (χ4v) is 11.1. The summed E-state index contributed by atoms with van der Waals surface area (Å²) in [6.45, 7) is 10.2. The van der Waals surface area contributed by atoms with Gasteiger partial charge in [-0.1, -0.05) is 38.0 Å². The van der Waals surface area contributed by atoms with E-state index in [0.717, 1.165) is 67.8 Å². The van der Waals surface area contributed by atoms with Gasteiger partial charge >= 0.3 is 6.03 Å². The van der Waals surface area contributed by atoms with Crippen LogP contribution in [0.15, 0.2) is 60.9 Å². The van der Waals surface area contributed by atoms with Gasteiger partial charge in [-0.2, -0.15) is 0 Å². The van der Waals surface area contributed by atoms with Crippen LogP contribution >= 0.6 is 0 Å². The number of aromatic hydroxyl groups is 2. The van der Waals surface area contributed by atoms with Crippen molar-refractivity contribution in [2.75, 3.05) is 82.5 Å². The first kappa shape index (κ1) is 50.9. The van der Waals surface area contributed by atoms with Crippen molar-refractivity contribution >= 4 is 40.5 Å². The van der Waals surface area contributed by atoms with Crippen molar-refractivity contribution in [3.63, 3.8) is 0 Å². The van der Waals surface area contributed by atoms with Gasteiger partial charge in [-0.15, -0.1) is 16.6 Å². The Morgan fingerprint density at radius 3 is 2.38 bits per heavy atom. The van der Waals surface area contributed by atoms with Gasteiger partial charge in [-0.05, 0) is 61.9 Å². The molecular formula is C53H66N12O8. The minimum atomic E-state index is -1.10. The standard InChI is InChI=1S/C53H66N12O8/c1-6-33-11-12-37(45(69)25-33)32(2)56-49(70)42-26-36(67)30-65(42)50(71)47(53(3,4)16-24-66)58-52(72)63-17-13-34(14-18-63)61-20-22-62(23-21-61)35-28-54-51(55-29-35)64-19-15-40-46(43(64)31-73-5)39-27-41(59-60-48(39)57-40)38-9-7-8-10-44(38)68/h1,7-12,25,27-29,32,34,36,42-43,47,66-69H,13-24,26,30-31H2,2-5H3,(H,56,70)(H,57,60)(H,58,72)/t32-,36+,42-,43-,47+/m0/s1. The van der Waals surface area contributed by atoms with Crippen LogP contribution in [0.2, 0.25) is 0 Å². The second-order valence-electron chi connectivity index (χ2n) is 20.3. The molecule has 20 heteroatoms. The van der Waals surface area contributed by atoms with Crippen molar-refractivity contribution in [1.82, 2.24) is 50.5 Å². The van der Waals surface area contributed by atoms with Crippen LogP contribution in [0.5, 0.6) is 11.5 Å². The van der Waals surface area contributed by atoms with E-state index in [1.165, 1.54) is 11.0 Å². The molecule has 20 nitrogen and oxygen atoms in total. The number of carbonyl (C=O) groups is 3. The number of ether oxygens (including phenoxy) is 1. The number of piperidine rings is 1. The average molecular weight is 999 g/mol. The van der Waals surface area contributed by atoms with E-state index in [2.05, 4.69) is 46.4 Å². The van der Waals surface area contributed by atoms with Crippen molar-refractivity contribution in [1.29, 1.82) is 0 Å². The van der Waals surface area contributed by atoms with E-state index < -0.39 is 47.5 Å². The summed E-state index contributed by atoms with van der Waals surface area (Å²) in [5.74, 6) is 2.10. The Balaban J connectivity index is 0.791. The average Bonchev–Trinajstić information content (AvgIpc) is 3.98. The SMILES string of the molecule is C#Cc1ccc([C@H](C)NC(=O)[C@@H]2C[C@@H](O)CN2C(=O)[C@@H](NC(=O)N2CCC(N3CCN(c4cnc(N5CCc6[nH]c7nnc(-c8ccccc8O)cc7c6[C@@H]5COC)nc4)CC3)CC2)C(C)(C)CCO)c(O)c1. The van der Waals surface area contributed by atoms with Gasteiger partial charge in [0.1, 0.15) is 23.6 Å². The summed E-state index contributed by atoms with van der Waals surface area (Å²) in [6.07, 6.45) is 10.7. The molecule has 4 aliphatic heterocycles. The number of likely N-dealkylation sites (tertiary alicyclic amines) is 2. The zero-order chi connectivity index (χ0) is 51.6. The predicted octanol–water partition coefficient (Wildman–Crippen LogP) is 3.47. The van der Waals surface area contributed by atoms with E-state index in [-0.39, 0.29) is 49.6 Å². The molecule has 73 heavy (non-hydrogen) atoms. The highest BCUT2D eigenvalue weighted by atomic mass is 16.5. The maximum absolute atomic E-state index is 14.5. The molecule has 0 unspecified atom stereocenters. The molecule has 0 bridgehead atoms. The lowest BCUT2D eigenvalue weighted by molar-refractivity contribution is -0.142. The van der Waals surface area contributed by atoms with Gasteiger partial charge in [0.2, 0.25) is 17.8 Å². The van der Waals surface area contributed by atoms with Crippen molar-refractivity contribution in [3.05, 3.63) is 83.3 Å². The normalized spacial score (nSPS) is 20.6. The van der Waals surface area contributed by atoms with Crippen LogP contribution in [-0.2, 0) is 20.7 Å². The number of terminal acetylenes is 1. The number of aromatic nitrogens is 5. The number of nitrogens with zero attached hydrogens (tertiary/aromatic N) is 9. The molecule has 0 saturated carbocycles. The number of benzene rings is 2. The summed E-state index contributed by atoms with van der Waals surface area (Å²) in [5, 5.41) is 57.6. The highest BCUT2D eigenvalue weighted by Crippen LogP contribution is 2.39. The number of amides is 4. The third kappa shape index (κ3) is 10.6. The predicted molar refractivity (Wildman–Crippen MR) is 274 cm³/mol. The number of fused-ring (bicyclic) bond motifs is 3. The van der Waals surface area contributed by atoms with Crippen LogP contribution in [0.25, 0.3) is 22.3 Å². The number of carbonyl (C=O) groups excluding carboxylic acids is 3. The fraction of sp³-hybridized carbons (Fsp3) is 0.491. The number of piperazine rings is 1. The summed E-state index contributed by atoms with van der Waals surface area (Å²) in [4.78, 5) is 65.5.